The van der Waals surface area contributed by atoms with E-state index in [1.165, 1.54) is 16.7 Å². The summed E-state index contributed by atoms with van der Waals surface area (Å²) in [5.74, 6) is -0.390. The molecule has 1 atom stereocenters. The fourth-order valence-corrected chi connectivity index (χ4v) is 2.48. The largest absolute Gasteiger partial charge is 0.366 e. The number of carbonyl (C=O) groups is 1. The van der Waals surface area contributed by atoms with Gasteiger partial charge in [0.05, 0.1) is 0 Å². The van der Waals surface area contributed by atoms with Crippen LogP contribution in [-0.4, -0.2) is 5.91 Å². The second-order valence-corrected chi connectivity index (χ2v) is 5.59. The van der Waals surface area contributed by atoms with Gasteiger partial charge in [-0.2, -0.15) is 0 Å². The molecule has 0 heterocycles. The van der Waals surface area contributed by atoms with Crippen LogP contribution in [0.1, 0.15) is 45.6 Å². The first kappa shape index (κ1) is 15.3. The molecule has 0 aliphatic heterocycles. The van der Waals surface area contributed by atoms with Crippen LogP contribution in [0.3, 0.4) is 0 Å². The fraction of sp³-hybridized carbons (Fsp3) is 0.278. The minimum atomic E-state index is -0.390. The van der Waals surface area contributed by atoms with E-state index < -0.39 is 0 Å². The Morgan fingerprint density at radius 2 is 1.81 bits per heavy atom. The summed E-state index contributed by atoms with van der Waals surface area (Å²) in [6.07, 6.45) is 0. The Labute approximate surface area is 126 Å². The first-order valence-corrected chi connectivity index (χ1v) is 7.16. The molecule has 0 radical (unpaired) electrons. The summed E-state index contributed by atoms with van der Waals surface area (Å²) in [7, 11) is 0. The smallest absolute Gasteiger partial charge is 0.248 e. The van der Waals surface area contributed by atoms with E-state index in [0.717, 1.165) is 5.56 Å². The van der Waals surface area contributed by atoms with E-state index >= 15 is 0 Å². The van der Waals surface area contributed by atoms with Gasteiger partial charge in [-0.1, -0.05) is 41.5 Å². The molecule has 3 nitrogen and oxygen atoms in total. The molecule has 3 N–H and O–H groups in total. The van der Waals surface area contributed by atoms with Crippen molar-refractivity contribution in [2.75, 3.05) is 0 Å². The topological polar surface area (TPSA) is 55.1 Å². The summed E-state index contributed by atoms with van der Waals surface area (Å²) < 4.78 is 0. The minimum Gasteiger partial charge on any atom is -0.366 e. The molecule has 2 aromatic rings. The van der Waals surface area contributed by atoms with Gasteiger partial charge in [0, 0.05) is 18.2 Å². The third kappa shape index (κ3) is 4.17. The molecule has 21 heavy (non-hydrogen) atoms. The van der Waals surface area contributed by atoms with Crippen molar-refractivity contribution in [3.05, 3.63) is 70.3 Å². The van der Waals surface area contributed by atoms with Crippen LogP contribution in [0, 0.1) is 13.8 Å². The zero-order chi connectivity index (χ0) is 15.4. The summed E-state index contributed by atoms with van der Waals surface area (Å²) in [5, 5.41) is 3.48. The Kier molecular flexibility index (Phi) is 4.76. The Balaban J connectivity index is 2.05. The van der Waals surface area contributed by atoms with Crippen LogP contribution in [0.2, 0.25) is 0 Å². The summed E-state index contributed by atoms with van der Waals surface area (Å²) in [5.41, 5.74) is 10.7. The van der Waals surface area contributed by atoms with Gasteiger partial charge < -0.3 is 11.1 Å². The molecule has 0 fully saturated rings. The van der Waals surface area contributed by atoms with Gasteiger partial charge in [-0.05, 0) is 44.0 Å². The van der Waals surface area contributed by atoms with E-state index in [0.29, 0.717) is 12.1 Å². The summed E-state index contributed by atoms with van der Waals surface area (Å²) >= 11 is 0. The van der Waals surface area contributed by atoms with Crippen molar-refractivity contribution in [2.45, 2.75) is 33.4 Å². The van der Waals surface area contributed by atoms with Gasteiger partial charge in [0.2, 0.25) is 5.91 Å². The van der Waals surface area contributed by atoms with E-state index in [1.807, 2.05) is 18.2 Å². The van der Waals surface area contributed by atoms with Crippen LogP contribution < -0.4 is 11.1 Å². The van der Waals surface area contributed by atoms with Crippen molar-refractivity contribution in [2.24, 2.45) is 5.73 Å². The third-order valence-electron chi connectivity index (χ3n) is 3.57. The molecule has 0 aliphatic carbocycles. The summed E-state index contributed by atoms with van der Waals surface area (Å²) in [4.78, 5) is 11.2. The normalized spacial score (nSPS) is 12.1. The highest BCUT2D eigenvalue weighted by Gasteiger charge is 2.07. The van der Waals surface area contributed by atoms with Gasteiger partial charge in [0.25, 0.3) is 0 Å². The number of aryl methyl sites for hydroxylation is 2. The van der Waals surface area contributed by atoms with Crippen molar-refractivity contribution in [1.29, 1.82) is 0 Å². The van der Waals surface area contributed by atoms with Crippen molar-refractivity contribution in [1.82, 2.24) is 5.32 Å². The Morgan fingerprint density at radius 3 is 2.43 bits per heavy atom. The third-order valence-corrected chi connectivity index (χ3v) is 3.57. The number of amides is 1. The fourth-order valence-electron chi connectivity index (χ4n) is 2.48. The number of carbonyl (C=O) groups excluding carboxylic acids is 1. The lowest BCUT2D eigenvalue weighted by Crippen LogP contribution is -2.19. The highest BCUT2D eigenvalue weighted by molar-refractivity contribution is 5.92. The van der Waals surface area contributed by atoms with Gasteiger partial charge in [-0.25, -0.2) is 0 Å². The number of hydrogen-bond acceptors (Lipinski definition) is 2. The van der Waals surface area contributed by atoms with E-state index in [-0.39, 0.29) is 11.9 Å². The number of nitrogens with two attached hydrogens (primary N) is 1. The first-order valence-electron chi connectivity index (χ1n) is 7.16. The van der Waals surface area contributed by atoms with Gasteiger partial charge >= 0.3 is 0 Å². The highest BCUT2D eigenvalue weighted by atomic mass is 16.1. The Hall–Kier alpha value is -2.13. The quantitative estimate of drug-likeness (QED) is 0.884. The molecule has 1 amide bonds. The molecule has 110 valence electrons. The maximum atomic E-state index is 11.2. The van der Waals surface area contributed by atoms with Gasteiger partial charge in [-0.3, -0.25) is 4.79 Å². The molecular weight excluding hydrogens is 260 g/mol. The predicted octanol–water partition coefficient (Wildman–Crippen LogP) is 3.25. The van der Waals surface area contributed by atoms with Crippen LogP contribution in [0.25, 0.3) is 0 Å². The van der Waals surface area contributed by atoms with E-state index in [1.54, 1.807) is 6.07 Å². The molecule has 1 unspecified atom stereocenters. The van der Waals surface area contributed by atoms with Gasteiger partial charge in [0.15, 0.2) is 0 Å². The zero-order valence-corrected chi connectivity index (χ0v) is 12.8. The summed E-state index contributed by atoms with van der Waals surface area (Å²) in [6.45, 7) is 7.07. The maximum absolute atomic E-state index is 11.2. The SMILES string of the molecule is Cc1cc(C)cc(C(C)NCc2cccc(C(N)=O)c2)c1. The second-order valence-electron chi connectivity index (χ2n) is 5.59. The standard InChI is InChI=1S/C18H22N2O/c1-12-7-13(2)9-17(8-12)14(3)20-11-15-5-4-6-16(10-15)18(19)21/h4-10,14,20H,11H2,1-3H3,(H2,19,21). The molecule has 0 bridgehead atoms. The Morgan fingerprint density at radius 1 is 1.14 bits per heavy atom. The predicted molar refractivity (Wildman–Crippen MR) is 86.1 cm³/mol. The van der Waals surface area contributed by atoms with Crippen LogP contribution in [0.4, 0.5) is 0 Å². The van der Waals surface area contributed by atoms with Crippen LogP contribution in [-0.2, 0) is 6.54 Å². The molecular formula is C18H22N2O. The summed E-state index contributed by atoms with van der Waals surface area (Å²) in [6, 6.07) is 14.2. The zero-order valence-electron chi connectivity index (χ0n) is 12.8. The second kappa shape index (κ2) is 6.55. The number of hydrogen-bond donors (Lipinski definition) is 2. The van der Waals surface area contributed by atoms with E-state index in [2.05, 4.69) is 44.3 Å². The van der Waals surface area contributed by atoms with E-state index in [9.17, 15) is 4.79 Å². The lowest BCUT2D eigenvalue weighted by Gasteiger charge is -2.16. The molecule has 2 rings (SSSR count). The number of primary amides is 1. The average molecular weight is 282 g/mol. The lowest BCUT2D eigenvalue weighted by molar-refractivity contribution is 0.1000. The van der Waals surface area contributed by atoms with Crippen LogP contribution in [0.5, 0.6) is 0 Å². The molecule has 0 saturated heterocycles. The van der Waals surface area contributed by atoms with Crippen molar-refractivity contribution in [3.63, 3.8) is 0 Å². The van der Waals surface area contributed by atoms with Gasteiger partial charge in [-0.15, -0.1) is 0 Å². The van der Waals surface area contributed by atoms with Crippen molar-refractivity contribution >= 4 is 5.91 Å². The molecule has 3 heteroatoms. The maximum Gasteiger partial charge on any atom is 0.248 e. The first-order chi connectivity index (χ1) is 9.95. The molecule has 0 saturated carbocycles. The number of nitrogens with one attached hydrogen (secondary N) is 1. The highest BCUT2D eigenvalue weighted by Crippen LogP contribution is 2.17. The number of rotatable bonds is 5. The monoisotopic (exact) mass is 282 g/mol. The van der Waals surface area contributed by atoms with Crippen LogP contribution >= 0.6 is 0 Å². The Bertz CT molecular complexity index is 629. The van der Waals surface area contributed by atoms with Crippen molar-refractivity contribution < 1.29 is 4.79 Å². The number of benzene rings is 2. The van der Waals surface area contributed by atoms with Gasteiger partial charge in [0.1, 0.15) is 0 Å². The van der Waals surface area contributed by atoms with E-state index in [4.69, 9.17) is 5.73 Å². The molecule has 0 aromatic heterocycles. The lowest BCUT2D eigenvalue weighted by atomic mass is 10.0. The molecule has 2 aromatic carbocycles. The van der Waals surface area contributed by atoms with Crippen LogP contribution in [0.15, 0.2) is 42.5 Å². The molecule has 0 aliphatic rings. The molecule has 0 spiro atoms. The van der Waals surface area contributed by atoms with Crippen molar-refractivity contribution in [3.8, 4) is 0 Å². The minimum absolute atomic E-state index is 0.251. The average Bonchev–Trinajstić information content (AvgIpc) is 2.44.